The Bertz CT molecular complexity index is 4350. The fourth-order valence-electron chi connectivity index (χ4n) is 11.3. The summed E-state index contributed by atoms with van der Waals surface area (Å²) in [5.41, 5.74) is 16.3. The summed E-state index contributed by atoms with van der Waals surface area (Å²) < 4.78 is 2.43. The van der Waals surface area contributed by atoms with Crippen molar-refractivity contribution in [1.29, 1.82) is 0 Å². The van der Waals surface area contributed by atoms with Crippen molar-refractivity contribution in [2.45, 2.75) is 0 Å². The molecule has 2 heteroatoms. The Hall–Kier alpha value is -9.50. The number of rotatable bonds is 8. The molecule has 0 saturated carbocycles. The van der Waals surface area contributed by atoms with E-state index in [2.05, 4.69) is 289 Å². The first kappa shape index (κ1) is 41.5. The molecule has 336 valence electrons. The second-order valence-electron chi connectivity index (χ2n) is 18.9. The van der Waals surface area contributed by atoms with E-state index in [1.54, 1.807) is 0 Å². The van der Waals surface area contributed by atoms with E-state index >= 15 is 0 Å². The van der Waals surface area contributed by atoms with Crippen LogP contribution in [0.1, 0.15) is 0 Å². The van der Waals surface area contributed by atoms with Crippen LogP contribution in [0.3, 0.4) is 0 Å². The second kappa shape index (κ2) is 17.2. The van der Waals surface area contributed by atoms with Crippen molar-refractivity contribution in [3.63, 3.8) is 0 Å². The zero-order valence-corrected chi connectivity index (χ0v) is 39.5. The lowest BCUT2D eigenvalue weighted by Crippen LogP contribution is -2.10. The predicted octanol–water partition coefficient (Wildman–Crippen LogP) is 19.5. The Morgan fingerprint density at radius 1 is 0.236 bits per heavy atom. The van der Waals surface area contributed by atoms with Crippen LogP contribution >= 0.6 is 0 Å². The van der Waals surface area contributed by atoms with Crippen molar-refractivity contribution in [1.82, 2.24) is 4.57 Å². The van der Waals surface area contributed by atoms with Crippen LogP contribution in [0.4, 0.5) is 17.1 Å². The number of para-hydroxylation sites is 1. The third-order valence-corrected chi connectivity index (χ3v) is 14.8. The van der Waals surface area contributed by atoms with Gasteiger partial charge in [-0.1, -0.05) is 212 Å². The quantitative estimate of drug-likeness (QED) is 0.138. The second-order valence-corrected chi connectivity index (χ2v) is 18.9. The summed E-state index contributed by atoms with van der Waals surface area (Å²) in [5.74, 6) is 0. The van der Waals surface area contributed by atoms with Gasteiger partial charge in [0.15, 0.2) is 0 Å². The van der Waals surface area contributed by atoms with E-state index in [9.17, 15) is 0 Å². The molecule has 0 saturated heterocycles. The minimum absolute atomic E-state index is 1.08. The molecule has 0 atom stereocenters. The largest absolute Gasteiger partial charge is 0.310 e. The number of anilines is 3. The molecule has 0 radical (unpaired) electrons. The molecule has 0 aliphatic heterocycles. The number of hydrogen-bond acceptors (Lipinski definition) is 1. The van der Waals surface area contributed by atoms with Crippen LogP contribution in [0.15, 0.2) is 279 Å². The van der Waals surface area contributed by atoms with E-state index in [1.807, 2.05) is 0 Å². The molecule has 72 heavy (non-hydrogen) atoms. The molecule has 1 aromatic heterocycles. The lowest BCUT2D eigenvalue weighted by atomic mass is 9.96. The van der Waals surface area contributed by atoms with E-state index in [1.165, 1.54) is 104 Å². The summed E-state index contributed by atoms with van der Waals surface area (Å²) in [4.78, 5) is 2.40. The molecule has 0 N–H and O–H groups in total. The van der Waals surface area contributed by atoms with Crippen LogP contribution in [0, 0.1) is 0 Å². The first-order chi connectivity index (χ1) is 35.7. The Kier molecular flexibility index (Phi) is 9.89. The van der Waals surface area contributed by atoms with Gasteiger partial charge >= 0.3 is 0 Å². The zero-order valence-electron chi connectivity index (χ0n) is 39.5. The fourth-order valence-corrected chi connectivity index (χ4v) is 11.3. The average Bonchev–Trinajstić information content (AvgIpc) is 3.81. The van der Waals surface area contributed by atoms with Gasteiger partial charge in [-0.25, -0.2) is 0 Å². The van der Waals surface area contributed by atoms with E-state index < -0.39 is 0 Å². The predicted molar refractivity (Wildman–Crippen MR) is 307 cm³/mol. The van der Waals surface area contributed by atoms with Crippen molar-refractivity contribution < 1.29 is 0 Å². The maximum atomic E-state index is 2.43. The summed E-state index contributed by atoms with van der Waals surface area (Å²) in [6.07, 6.45) is 0. The molecule has 0 amide bonds. The van der Waals surface area contributed by atoms with Crippen molar-refractivity contribution in [2.24, 2.45) is 0 Å². The minimum atomic E-state index is 1.08. The van der Waals surface area contributed by atoms with Crippen molar-refractivity contribution in [3.05, 3.63) is 279 Å². The van der Waals surface area contributed by atoms with Crippen LogP contribution in [-0.2, 0) is 0 Å². The van der Waals surface area contributed by atoms with Crippen molar-refractivity contribution in [2.75, 3.05) is 4.90 Å². The zero-order chi connectivity index (χ0) is 47.5. The molecule has 0 spiro atoms. The number of aromatic nitrogens is 1. The van der Waals surface area contributed by atoms with Gasteiger partial charge in [-0.2, -0.15) is 0 Å². The Balaban J connectivity index is 0.885. The molecule has 2 nitrogen and oxygen atoms in total. The number of benzene rings is 13. The highest BCUT2D eigenvalue weighted by Crippen LogP contribution is 2.44. The van der Waals surface area contributed by atoms with E-state index in [0.717, 1.165) is 28.3 Å². The summed E-state index contributed by atoms with van der Waals surface area (Å²) in [7, 11) is 0. The van der Waals surface area contributed by atoms with Gasteiger partial charge in [0.05, 0.1) is 11.0 Å². The molecule has 13 aromatic carbocycles. The summed E-state index contributed by atoms with van der Waals surface area (Å²) in [6, 6.07) is 102. The normalized spacial score (nSPS) is 11.6. The number of hydrogen-bond donors (Lipinski definition) is 0. The SMILES string of the molecule is c1ccc(-n2c3cccc(-c4cccc(N(c5ccc(-c6ccc(-c7cccc8ccccc78)cc6)cc5)c5ccc(-c6ccc7c(ccc8ccccc87)c6)cc5)c4)c3c3c4ccccc4ccc32)cc1. The summed E-state index contributed by atoms with van der Waals surface area (Å²) in [6.45, 7) is 0. The fraction of sp³-hybridized carbons (Fsp3) is 0. The smallest absolute Gasteiger partial charge is 0.0547 e. The molecule has 14 aromatic rings. The first-order valence-electron chi connectivity index (χ1n) is 24.8. The monoisotopic (exact) mass is 914 g/mol. The maximum Gasteiger partial charge on any atom is 0.0547 e. The Labute approximate surface area is 418 Å². The molecule has 0 bridgehead atoms. The van der Waals surface area contributed by atoms with E-state index in [-0.39, 0.29) is 0 Å². The molecule has 0 fully saturated rings. The van der Waals surface area contributed by atoms with Gasteiger partial charge in [-0.05, 0) is 154 Å². The highest BCUT2D eigenvalue weighted by molar-refractivity contribution is 6.25. The van der Waals surface area contributed by atoms with Crippen LogP contribution < -0.4 is 4.90 Å². The molecular formula is C70H46N2. The molecule has 0 unspecified atom stereocenters. The van der Waals surface area contributed by atoms with Crippen LogP contribution in [-0.4, -0.2) is 4.57 Å². The first-order valence-corrected chi connectivity index (χ1v) is 24.8. The minimum Gasteiger partial charge on any atom is -0.310 e. The molecular weight excluding hydrogens is 869 g/mol. The van der Waals surface area contributed by atoms with Crippen LogP contribution in [0.25, 0.3) is 115 Å². The van der Waals surface area contributed by atoms with Crippen molar-refractivity contribution >= 4 is 82.0 Å². The van der Waals surface area contributed by atoms with Gasteiger partial charge in [0.2, 0.25) is 0 Å². The lowest BCUT2D eigenvalue weighted by molar-refractivity contribution is 1.18. The Morgan fingerprint density at radius 3 is 1.49 bits per heavy atom. The molecule has 0 aliphatic rings. The number of nitrogens with zero attached hydrogens (tertiary/aromatic N) is 2. The van der Waals surface area contributed by atoms with Gasteiger partial charge in [0.1, 0.15) is 0 Å². The lowest BCUT2D eigenvalue weighted by Gasteiger charge is -2.26. The molecule has 1 heterocycles. The van der Waals surface area contributed by atoms with Gasteiger partial charge in [-0.3, -0.25) is 0 Å². The molecule has 0 aliphatic carbocycles. The van der Waals surface area contributed by atoms with E-state index in [4.69, 9.17) is 0 Å². The van der Waals surface area contributed by atoms with Gasteiger partial charge in [0, 0.05) is 33.5 Å². The summed E-state index contributed by atoms with van der Waals surface area (Å²) in [5, 5.41) is 12.6. The number of fused-ring (bicyclic) bond motifs is 9. The standard InChI is InChI=1S/C70H46N2/c1-2-18-57(19-3-1)72-67-26-12-25-66(70(67)69-65-23-9-6-15-52(65)38-44-68(69)72)55-17-10-20-60(46-55)71(59-41-35-49(36-42-59)54-37-43-64-56(45-54)32-31-51-14-5-8-22-62(51)64)58-39-33-48(34-40-58)47-27-29-53(30-28-47)63-24-11-16-50-13-4-7-21-61(50)63/h1-46H. The topological polar surface area (TPSA) is 8.17 Å². The molecule has 14 rings (SSSR count). The third-order valence-electron chi connectivity index (χ3n) is 14.8. The van der Waals surface area contributed by atoms with Crippen LogP contribution in [0.5, 0.6) is 0 Å². The maximum absolute atomic E-state index is 2.43. The van der Waals surface area contributed by atoms with Crippen molar-refractivity contribution in [3.8, 4) is 50.2 Å². The highest BCUT2D eigenvalue weighted by Gasteiger charge is 2.20. The summed E-state index contributed by atoms with van der Waals surface area (Å²) >= 11 is 0. The van der Waals surface area contributed by atoms with Crippen LogP contribution in [0.2, 0.25) is 0 Å². The highest BCUT2D eigenvalue weighted by atomic mass is 15.1. The van der Waals surface area contributed by atoms with Gasteiger partial charge in [0.25, 0.3) is 0 Å². The van der Waals surface area contributed by atoms with Gasteiger partial charge < -0.3 is 9.47 Å². The Morgan fingerprint density at radius 2 is 0.736 bits per heavy atom. The third kappa shape index (κ3) is 7.03. The van der Waals surface area contributed by atoms with Gasteiger partial charge in [-0.15, -0.1) is 0 Å². The van der Waals surface area contributed by atoms with E-state index in [0.29, 0.717) is 0 Å². The average molecular weight is 915 g/mol.